The number of hydrogen-bond donors (Lipinski definition) is 2. The average Bonchev–Trinajstić information content (AvgIpc) is 2.80. The molecule has 0 heterocycles. The van der Waals surface area contributed by atoms with Crippen molar-refractivity contribution in [3.63, 3.8) is 0 Å². The first kappa shape index (κ1) is 32.0. The third-order valence-electron chi connectivity index (χ3n) is 7.19. The molecule has 0 amide bonds. The topological polar surface area (TPSA) is 65.2 Å². The van der Waals surface area contributed by atoms with Gasteiger partial charge in [-0.05, 0) is 22.5 Å². The van der Waals surface area contributed by atoms with Gasteiger partial charge in [-0.3, -0.25) is 9.98 Å². The summed E-state index contributed by atoms with van der Waals surface area (Å²) in [6.45, 7) is 27.6. The van der Waals surface area contributed by atoms with Gasteiger partial charge in [-0.25, -0.2) is 0 Å². The van der Waals surface area contributed by atoms with Gasteiger partial charge in [0.1, 0.15) is 11.5 Å². The van der Waals surface area contributed by atoms with E-state index < -0.39 is 32.3 Å². The van der Waals surface area contributed by atoms with Crippen molar-refractivity contribution >= 4 is 76.8 Å². The molecule has 0 bridgehead atoms. The van der Waals surface area contributed by atoms with Gasteiger partial charge >= 0.3 is 0 Å². The minimum absolute atomic E-state index is 0.345. The molecule has 0 aliphatic rings. The first-order chi connectivity index (χ1) is 18.2. The minimum Gasteiger partial charge on any atom is -0.507 e. The predicted octanol–water partition coefficient (Wildman–Crippen LogP) is 6.78. The zero-order chi connectivity index (χ0) is 30.3. The Morgan fingerprint density at radius 2 is 0.825 bits per heavy atom. The fourth-order valence-electron chi connectivity index (χ4n) is 4.48. The maximum Gasteiger partial charge on any atom is 0.123 e. The van der Waals surface area contributed by atoms with Gasteiger partial charge in [-0.2, -0.15) is 0 Å². The molecule has 0 atom stereocenters. The maximum atomic E-state index is 11.2. The Balaban J connectivity index is 2.10. The summed E-state index contributed by atoms with van der Waals surface area (Å²) >= 11 is 0. The molecule has 214 valence electrons. The summed E-state index contributed by atoms with van der Waals surface area (Å²) in [5, 5.41) is 27.3. The molecule has 2 N–H and O–H groups in total. The Morgan fingerprint density at radius 3 is 1.10 bits per heavy atom. The number of phenolic OH excluding ortho intramolecular Hbond substituents is 2. The number of para-hydroxylation sites is 2. The fraction of sp³-hybridized carbons (Fsp3) is 0.375. The van der Waals surface area contributed by atoms with Gasteiger partial charge in [0.15, 0.2) is 0 Å². The molecule has 3 aromatic rings. The molecular formula is C32H48N2O2Si4. The van der Waals surface area contributed by atoms with Crippen molar-refractivity contribution in [1.29, 1.82) is 0 Å². The van der Waals surface area contributed by atoms with Crippen LogP contribution in [-0.4, -0.2) is 54.9 Å². The number of rotatable bonds is 8. The molecule has 0 fully saturated rings. The van der Waals surface area contributed by atoms with E-state index in [1.807, 2.05) is 24.3 Å². The van der Waals surface area contributed by atoms with E-state index in [4.69, 9.17) is 9.98 Å². The number of aliphatic imine (C=N–C) groups is 2. The summed E-state index contributed by atoms with van der Waals surface area (Å²) in [7, 11) is -6.73. The van der Waals surface area contributed by atoms with Gasteiger partial charge in [-0.15, -0.1) is 0 Å². The number of benzene rings is 3. The highest BCUT2D eigenvalue weighted by molar-refractivity contribution is 6.92. The molecule has 0 saturated heterocycles. The third kappa shape index (κ3) is 7.60. The lowest BCUT2D eigenvalue weighted by Gasteiger charge is -2.25. The number of hydrogen-bond acceptors (Lipinski definition) is 4. The van der Waals surface area contributed by atoms with Gasteiger partial charge in [0, 0.05) is 23.6 Å². The van der Waals surface area contributed by atoms with Gasteiger partial charge in [0.2, 0.25) is 0 Å². The first-order valence-corrected chi connectivity index (χ1v) is 28.1. The van der Waals surface area contributed by atoms with E-state index in [0.717, 1.165) is 32.9 Å². The number of aromatic hydroxyl groups is 2. The summed E-state index contributed by atoms with van der Waals surface area (Å²) in [5.74, 6) is 0.690. The molecule has 40 heavy (non-hydrogen) atoms. The molecule has 8 heteroatoms. The van der Waals surface area contributed by atoms with Crippen molar-refractivity contribution in [2.45, 2.75) is 78.6 Å². The molecule has 0 unspecified atom stereocenters. The van der Waals surface area contributed by atoms with Crippen LogP contribution in [0.25, 0.3) is 0 Å². The summed E-state index contributed by atoms with van der Waals surface area (Å²) < 4.78 is 0. The molecule has 0 radical (unpaired) electrons. The Bertz CT molecular complexity index is 1340. The highest BCUT2D eigenvalue weighted by Gasteiger charge is 2.28. The Kier molecular flexibility index (Phi) is 9.11. The third-order valence-corrected chi connectivity index (χ3v) is 15.2. The van der Waals surface area contributed by atoms with Crippen LogP contribution >= 0.6 is 0 Å². The molecular weight excluding hydrogens is 557 g/mol. The van der Waals surface area contributed by atoms with Crippen LogP contribution in [0.3, 0.4) is 0 Å². The van der Waals surface area contributed by atoms with Crippen LogP contribution in [0.4, 0.5) is 11.4 Å². The largest absolute Gasteiger partial charge is 0.507 e. The summed E-state index contributed by atoms with van der Waals surface area (Å²) in [6.07, 6.45) is 3.56. The van der Waals surface area contributed by atoms with Crippen molar-refractivity contribution in [2.24, 2.45) is 9.98 Å². The molecule has 0 aliphatic carbocycles. The lowest BCUT2D eigenvalue weighted by molar-refractivity contribution is 0.478. The average molecular weight is 605 g/mol. The van der Waals surface area contributed by atoms with Gasteiger partial charge in [0.25, 0.3) is 0 Å². The molecule has 0 aliphatic heterocycles. The Hall–Kier alpha value is -2.53. The second-order valence-corrected chi connectivity index (χ2v) is 35.2. The van der Waals surface area contributed by atoms with E-state index >= 15 is 0 Å². The summed E-state index contributed by atoms with van der Waals surface area (Å²) in [6, 6.07) is 16.5. The normalized spacial score (nSPS) is 13.5. The molecule has 3 aromatic carbocycles. The number of phenols is 2. The first-order valence-electron chi connectivity index (χ1n) is 14.1. The van der Waals surface area contributed by atoms with E-state index in [9.17, 15) is 10.2 Å². The van der Waals surface area contributed by atoms with Crippen LogP contribution in [0.2, 0.25) is 78.6 Å². The fourth-order valence-corrected chi connectivity index (χ4v) is 9.99. The van der Waals surface area contributed by atoms with E-state index in [1.54, 1.807) is 12.4 Å². The summed E-state index contributed by atoms with van der Waals surface area (Å²) in [4.78, 5) is 9.63. The molecule has 0 aromatic heterocycles. The highest BCUT2D eigenvalue weighted by Crippen LogP contribution is 2.29. The van der Waals surface area contributed by atoms with Crippen molar-refractivity contribution in [3.8, 4) is 11.5 Å². The zero-order valence-electron chi connectivity index (χ0n) is 26.6. The van der Waals surface area contributed by atoms with Crippen LogP contribution in [0.1, 0.15) is 11.1 Å². The smallest absolute Gasteiger partial charge is 0.123 e. The Labute approximate surface area is 246 Å². The minimum atomic E-state index is -1.76. The van der Waals surface area contributed by atoms with E-state index in [0.29, 0.717) is 11.5 Å². The maximum absolute atomic E-state index is 11.2. The number of nitrogens with zero attached hydrogens (tertiary/aromatic N) is 2. The van der Waals surface area contributed by atoms with Gasteiger partial charge in [-0.1, -0.05) is 125 Å². The molecule has 3 rings (SSSR count). The molecule has 0 saturated carbocycles. The van der Waals surface area contributed by atoms with Crippen LogP contribution < -0.4 is 20.7 Å². The van der Waals surface area contributed by atoms with Crippen LogP contribution in [0.15, 0.2) is 58.5 Å². The van der Waals surface area contributed by atoms with E-state index in [-0.39, 0.29) is 0 Å². The van der Waals surface area contributed by atoms with Crippen molar-refractivity contribution in [1.82, 2.24) is 0 Å². The van der Waals surface area contributed by atoms with Gasteiger partial charge in [0.05, 0.1) is 43.7 Å². The van der Waals surface area contributed by atoms with E-state index in [2.05, 4.69) is 103 Å². The lowest BCUT2D eigenvalue weighted by Crippen LogP contribution is -2.45. The van der Waals surface area contributed by atoms with Crippen molar-refractivity contribution in [2.75, 3.05) is 0 Å². The second kappa shape index (κ2) is 11.4. The quantitative estimate of drug-likeness (QED) is 0.220. The van der Waals surface area contributed by atoms with Crippen molar-refractivity contribution in [3.05, 3.63) is 59.7 Å². The lowest BCUT2D eigenvalue weighted by atomic mass is 10.2. The monoisotopic (exact) mass is 604 g/mol. The summed E-state index contributed by atoms with van der Waals surface area (Å²) in [5.41, 5.74) is 2.96. The highest BCUT2D eigenvalue weighted by atomic mass is 28.3. The standard InChI is InChI=1S/C32H48N2O2Si4/c1-37(2,3)25-17-23(31(35)29(19-25)39(7,8)9)21-33-27-15-13-14-16-28(27)34-22-24-18-26(38(4,5)6)20-30(32(24)36)40(10,11)12/h13-22,35-36H,1-12H3. The van der Waals surface area contributed by atoms with E-state index in [1.165, 1.54) is 10.4 Å². The second-order valence-electron chi connectivity index (χ2n) is 14.9. The van der Waals surface area contributed by atoms with Crippen LogP contribution in [0, 0.1) is 0 Å². The SMILES string of the molecule is C[Si](C)(C)c1cc(C=Nc2ccccc2N=Cc2cc([Si](C)(C)C)cc([Si](C)(C)C)c2O)c(O)c([Si](C)(C)C)c1. The van der Waals surface area contributed by atoms with Crippen LogP contribution in [0.5, 0.6) is 11.5 Å². The molecule has 4 nitrogen and oxygen atoms in total. The van der Waals surface area contributed by atoms with Crippen molar-refractivity contribution < 1.29 is 10.2 Å². The van der Waals surface area contributed by atoms with Crippen LogP contribution in [-0.2, 0) is 0 Å². The predicted molar refractivity (Wildman–Crippen MR) is 189 cm³/mol. The zero-order valence-corrected chi connectivity index (χ0v) is 30.6. The Morgan fingerprint density at radius 1 is 0.500 bits per heavy atom. The van der Waals surface area contributed by atoms with Gasteiger partial charge < -0.3 is 10.2 Å². The molecule has 0 spiro atoms.